The number of hydrogen-bond acceptors (Lipinski definition) is 10. The van der Waals surface area contributed by atoms with Crippen LogP contribution >= 0.6 is 0 Å². The van der Waals surface area contributed by atoms with E-state index in [1.54, 1.807) is 6.92 Å². The van der Waals surface area contributed by atoms with Gasteiger partial charge in [-0.15, -0.1) is 0 Å². The van der Waals surface area contributed by atoms with Gasteiger partial charge in [0.2, 0.25) is 0 Å². The van der Waals surface area contributed by atoms with Crippen LogP contribution in [0.25, 0.3) is 0 Å². The van der Waals surface area contributed by atoms with E-state index in [0.29, 0.717) is 31.3 Å². The van der Waals surface area contributed by atoms with Crippen LogP contribution in [0.5, 0.6) is 0 Å². The summed E-state index contributed by atoms with van der Waals surface area (Å²) in [6.45, 7) is 16.6. The van der Waals surface area contributed by atoms with Gasteiger partial charge < -0.3 is 24.1 Å². The fourth-order valence-corrected chi connectivity index (χ4v) is 7.33. The number of aliphatic hydroxyl groups is 1. The molecule has 40 heavy (non-hydrogen) atoms. The lowest BCUT2D eigenvalue weighted by Gasteiger charge is -2.55. The maximum Gasteiger partial charge on any atom is 0.306 e. The quantitative estimate of drug-likeness (QED) is 0.136. The SMILES string of the molecule is C=C1CC2OC(C3C(C(C)C)C(OC(C)=O)C(OC(=O)CCC)C(C)(O)C23)C(C)(OC(=O)CCC)CCC1OO. The number of fused-ring (bicyclic) bond motifs is 5. The molecule has 3 rings (SSSR count). The zero-order valence-corrected chi connectivity index (χ0v) is 25.0. The molecule has 0 amide bonds. The van der Waals surface area contributed by atoms with Crippen molar-refractivity contribution in [3.05, 3.63) is 12.2 Å². The molecule has 2 aliphatic heterocycles. The topological polar surface area (TPSA) is 138 Å². The van der Waals surface area contributed by atoms with E-state index in [9.17, 15) is 24.7 Å². The fourth-order valence-electron chi connectivity index (χ4n) is 7.33. The summed E-state index contributed by atoms with van der Waals surface area (Å²) in [7, 11) is 0. The molecule has 0 radical (unpaired) electrons. The molecule has 10 nitrogen and oxygen atoms in total. The second kappa shape index (κ2) is 12.9. The average Bonchev–Trinajstić information content (AvgIpc) is 3.23. The van der Waals surface area contributed by atoms with Crippen LogP contribution in [0.15, 0.2) is 12.2 Å². The van der Waals surface area contributed by atoms with Gasteiger partial charge in [-0.2, -0.15) is 0 Å². The van der Waals surface area contributed by atoms with E-state index < -0.39 is 71.4 Å². The van der Waals surface area contributed by atoms with Gasteiger partial charge in [-0.3, -0.25) is 19.6 Å². The molecular weight excluding hydrogens is 520 g/mol. The number of carbonyl (C=O) groups is 3. The molecule has 1 saturated carbocycles. The third kappa shape index (κ3) is 6.40. The monoisotopic (exact) mass is 568 g/mol. The first kappa shape index (κ1) is 32.5. The maximum atomic E-state index is 12.9. The standard InChI is InChI=1S/C30H48O10/c1-9-11-21(32)38-28-26(36-18(6)31)23(16(3)4)24-25(30(28,8)34)20-15-17(5)19(40-35)13-14-29(7,27(24)37-20)39-22(33)12-10-2/h16,19-20,23-28,34-35H,5,9-15H2,1-4,6-8H3. The number of hydrogen-bond donors (Lipinski definition) is 2. The normalized spacial score (nSPS) is 39.5. The minimum atomic E-state index is -1.68. The Morgan fingerprint density at radius 2 is 1.73 bits per heavy atom. The second-order valence-corrected chi connectivity index (χ2v) is 12.5. The van der Waals surface area contributed by atoms with E-state index in [4.69, 9.17) is 23.8 Å². The fraction of sp³-hybridized carbons (Fsp3) is 0.833. The van der Waals surface area contributed by atoms with Gasteiger partial charge in [0.05, 0.1) is 6.10 Å². The lowest BCUT2D eigenvalue weighted by molar-refractivity contribution is -0.273. The number of ether oxygens (including phenoxy) is 4. The van der Waals surface area contributed by atoms with E-state index in [1.165, 1.54) is 6.92 Å². The number of esters is 3. The molecular formula is C30H48O10. The van der Waals surface area contributed by atoms with Crippen molar-refractivity contribution in [2.45, 2.75) is 135 Å². The van der Waals surface area contributed by atoms with Crippen molar-refractivity contribution in [2.24, 2.45) is 23.7 Å². The zero-order valence-electron chi connectivity index (χ0n) is 25.0. The molecule has 3 fully saturated rings. The Morgan fingerprint density at radius 3 is 2.27 bits per heavy atom. The van der Waals surface area contributed by atoms with Crippen LogP contribution in [-0.4, -0.2) is 70.0 Å². The highest BCUT2D eigenvalue weighted by molar-refractivity contribution is 5.70. The predicted octanol–water partition coefficient (Wildman–Crippen LogP) is 4.37. The van der Waals surface area contributed by atoms with Crippen molar-refractivity contribution >= 4 is 17.9 Å². The van der Waals surface area contributed by atoms with Gasteiger partial charge in [0.15, 0.2) is 6.10 Å². The molecule has 3 aliphatic rings. The van der Waals surface area contributed by atoms with Gasteiger partial charge in [0, 0.05) is 37.5 Å². The number of carbonyl (C=O) groups excluding carboxylic acids is 3. The van der Waals surface area contributed by atoms with Gasteiger partial charge in [-0.05, 0) is 57.4 Å². The van der Waals surface area contributed by atoms with Crippen molar-refractivity contribution in [1.29, 1.82) is 0 Å². The summed E-state index contributed by atoms with van der Waals surface area (Å²) in [5, 5.41) is 22.0. The van der Waals surface area contributed by atoms with Gasteiger partial charge in [-0.25, -0.2) is 4.89 Å². The van der Waals surface area contributed by atoms with Gasteiger partial charge in [0.1, 0.15) is 29.5 Å². The lowest BCUT2D eigenvalue weighted by atomic mass is 9.55. The summed E-state index contributed by atoms with van der Waals surface area (Å²) in [5.41, 5.74) is -2.25. The third-order valence-electron chi connectivity index (χ3n) is 9.00. The highest BCUT2D eigenvalue weighted by Gasteiger charge is 2.69. The number of rotatable bonds is 9. The first-order valence-electron chi connectivity index (χ1n) is 14.7. The first-order valence-corrected chi connectivity index (χ1v) is 14.7. The maximum absolute atomic E-state index is 12.9. The van der Waals surface area contributed by atoms with Crippen molar-refractivity contribution in [3.8, 4) is 0 Å². The molecule has 0 aromatic carbocycles. The van der Waals surface area contributed by atoms with Crippen LogP contribution in [0.4, 0.5) is 0 Å². The molecule has 0 spiro atoms. The molecule has 0 aromatic heterocycles. The Morgan fingerprint density at radius 1 is 1.10 bits per heavy atom. The molecule has 2 saturated heterocycles. The summed E-state index contributed by atoms with van der Waals surface area (Å²) < 4.78 is 24.7. The molecule has 10 heteroatoms. The molecule has 10 unspecified atom stereocenters. The van der Waals surface area contributed by atoms with Crippen molar-refractivity contribution in [3.63, 3.8) is 0 Å². The highest BCUT2D eigenvalue weighted by atomic mass is 17.1. The highest BCUT2D eigenvalue weighted by Crippen LogP contribution is 2.58. The predicted molar refractivity (Wildman–Crippen MR) is 145 cm³/mol. The van der Waals surface area contributed by atoms with E-state index in [0.717, 1.165) is 0 Å². The van der Waals surface area contributed by atoms with E-state index in [2.05, 4.69) is 6.58 Å². The molecule has 2 N–H and O–H groups in total. The first-order chi connectivity index (χ1) is 18.7. The molecule has 0 aromatic rings. The Labute approximate surface area is 237 Å². The van der Waals surface area contributed by atoms with Crippen LogP contribution in [0.2, 0.25) is 0 Å². The molecule has 228 valence electrons. The Bertz CT molecular complexity index is 945. The molecule has 2 heterocycles. The van der Waals surface area contributed by atoms with Crippen LogP contribution in [-0.2, 0) is 38.2 Å². The Hall–Kier alpha value is -2.01. The van der Waals surface area contributed by atoms with Crippen LogP contribution in [0.3, 0.4) is 0 Å². The lowest BCUT2D eigenvalue weighted by Crippen LogP contribution is -2.68. The minimum absolute atomic E-state index is 0.0829. The average molecular weight is 569 g/mol. The second-order valence-electron chi connectivity index (χ2n) is 12.5. The van der Waals surface area contributed by atoms with E-state index in [-0.39, 0.29) is 31.1 Å². The zero-order chi connectivity index (χ0) is 30.0. The smallest absolute Gasteiger partial charge is 0.306 e. The van der Waals surface area contributed by atoms with E-state index >= 15 is 0 Å². The summed E-state index contributed by atoms with van der Waals surface area (Å²) in [4.78, 5) is 42.8. The van der Waals surface area contributed by atoms with Crippen molar-refractivity contribution in [2.75, 3.05) is 0 Å². The van der Waals surface area contributed by atoms with Crippen LogP contribution < -0.4 is 0 Å². The Kier molecular flexibility index (Phi) is 10.5. The van der Waals surface area contributed by atoms with Crippen LogP contribution in [0, 0.1) is 23.7 Å². The van der Waals surface area contributed by atoms with Crippen LogP contribution in [0.1, 0.15) is 93.4 Å². The molecule has 2 bridgehead atoms. The van der Waals surface area contributed by atoms with Gasteiger partial charge in [-0.1, -0.05) is 34.3 Å². The third-order valence-corrected chi connectivity index (χ3v) is 9.00. The summed E-state index contributed by atoms with van der Waals surface area (Å²) in [6.07, 6.45) is -1.68. The van der Waals surface area contributed by atoms with E-state index in [1.807, 2.05) is 34.6 Å². The molecule has 1 aliphatic carbocycles. The van der Waals surface area contributed by atoms with Crippen molar-refractivity contribution in [1.82, 2.24) is 0 Å². The molecule has 10 atom stereocenters. The summed E-state index contributed by atoms with van der Waals surface area (Å²) in [5.74, 6) is -2.93. The van der Waals surface area contributed by atoms with Gasteiger partial charge >= 0.3 is 17.9 Å². The Balaban J connectivity index is 2.21. The van der Waals surface area contributed by atoms with Crippen molar-refractivity contribution < 1.29 is 48.6 Å². The largest absolute Gasteiger partial charge is 0.458 e. The minimum Gasteiger partial charge on any atom is -0.458 e. The van der Waals surface area contributed by atoms with Gasteiger partial charge in [0.25, 0.3) is 0 Å². The summed E-state index contributed by atoms with van der Waals surface area (Å²) >= 11 is 0. The summed E-state index contributed by atoms with van der Waals surface area (Å²) in [6, 6.07) is 0.